The number of imidazole rings is 1. The van der Waals surface area contributed by atoms with Crippen molar-refractivity contribution in [3.8, 4) is 5.75 Å². The zero-order chi connectivity index (χ0) is 23.9. The van der Waals surface area contributed by atoms with Gasteiger partial charge in [-0.1, -0.05) is 54.1 Å². The molecule has 0 aliphatic carbocycles. The largest absolute Gasteiger partial charge is 0.494 e. The van der Waals surface area contributed by atoms with E-state index in [0.717, 1.165) is 16.6 Å². The van der Waals surface area contributed by atoms with E-state index >= 15 is 0 Å². The lowest BCUT2D eigenvalue weighted by atomic mass is 10.2. The number of halogens is 1. The summed E-state index contributed by atoms with van der Waals surface area (Å²) in [6.07, 6.45) is 0.489. The van der Waals surface area contributed by atoms with E-state index in [0.29, 0.717) is 48.2 Å². The summed E-state index contributed by atoms with van der Waals surface area (Å²) in [5.41, 5.74) is 3.39. The lowest BCUT2D eigenvalue weighted by Gasteiger charge is -2.11. The van der Waals surface area contributed by atoms with Gasteiger partial charge in [0.2, 0.25) is 0 Å². The summed E-state index contributed by atoms with van der Waals surface area (Å²) in [7, 11) is 0. The predicted octanol–water partition coefficient (Wildman–Crippen LogP) is 4.91. The number of rotatable bonds is 10. The fourth-order valence-corrected chi connectivity index (χ4v) is 3.78. The van der Waals surface area contributed by atoms with E-state index < -0.39 is 5.97 Å². The lowest BCUT2D eigenvalue weighted by molar-refractivity contribution is -0.137. The van der Waals surface area contributed by atoms with Gasteiger partial charge in [0.25, 0.3) is 5.91 Å². The molecule has 0 saturated heterocycles. The van der Waals surface area contributed by atoms with Crippen LogP contribution in [-0.2, 0) is 17.9 Å². The van der Waals surface area contributed by atoms with Crippen LogP contribution in [-0.4, -0.2) is 33.1 Å². The van der Waals surface area contributed by atoms with Crippen LogP contribution in [0.4, 0.5) is 0 Å². The third-order valence-corrected chi connectivity index (χ3v) is 5.49. The number of nitrogens with one attached hydrogen (secondary N) is 1. The minimum atomic E-state index is -0.847. The standard InChI is InChI=1S/C26H24ClN3O4/c27-20-11-12-22-23(15-20)30(17-18-6-2-1-3-7-18)25(29-22)26(33)28-16-19-8-4-9-21(14-19)34-13-5-10-24(31)32/h1-4,6-9,11-12,14-15H,5,10,13,16-17H2,(H,28,33)(H,31,32). The number of carboxylic acids is 1. The molecule has 0 aliphatic rings. The second kappa shape index (κ2) is 10.9. The van der Waals surface area contributed by atoms with E-state index in [1.807, 2.05) is 59.2 Å². The molecule has 174 valence electrons. The normalized spacial score (nSPS) is 10.9. The van der Waals surface area contributed by atoms with Crippen LogP contribution in [0.25, 0.3) is 11.0 Å². The van der Waals surface area contributed by atoms with Crippen LogP contribution in [0.3, 0.4) is 0 Å². The number of carbonyl (C=O) groups excluding carboxylic acids is 1. The number of hydrogen-bond acceptors (Lipinski definition) is 4. The van der Waals surface area contributed by atoms with Crippen molar-refractivity contribution in [2.45, 2.75) is 25.9 Å². The Labute approximate surface area is 202 Å². The quantitative estimate of drug-likeness (QED) is 0.316. The van der Waals surface area contributed by atoms with Crippen molar-refractivity contribution in [3.63, 3.8) is 0 Å². The van der Waals surface area contributed by atoms with E-state index in [4.69, 9.17) is 21.4 Å². The van der Waals surface area contributed by atoms with E-state index in [1.54, 1.807) is 18.2 Å². The summed E-state index contributed by atoms with van der Waals surface area (Å²) < 4.78 is 7.49. The van der Waals surface area contributed by atoms with Crippen molar-refractivity contribution in [2.75, 3.05) is 6.61 Å². The molecule has 8 heteroatoms. The van der Waals surface area contributed by atoms with Gasteiger partial charge in [-0.15, -0.1) is 0 Å². The number of aliphatic carboxylic acids is 1. The Balaban J connectivity index is 1.48. The van der Waals surface area contributed by atoms with Gasteiger partial charge >= 0.3 is 5.97 Å². The van der Waals surface area contributed by atoms with Gasteiger partial charge in [0.1, 0.15) is 5.75 Å². The highest BCUT2D eigenvalue weighted by Gasteiger charge is 2.18. The van der Waals surface area contributed by atoms with Crippen LogP contribution in [0.5, 0.6) is 5.75 Å². The summed E-state index contributed by atoms with van der Waals surface area (Å²) >= 11 is 6.22. The van der Waals surface area contributed by atoms with Gasteiger partial charge in [0.05, 0.1) is 17.6 Å². The minimum Gasteiger partial charge on any atom is -0.494 e. The van der Waals surface area contributed by atoms with E-state index in [9.17, 15) is 9.59 Å². The van der Waals surface area contributed by atoms with Crippen LogP contribution in [0.1, 0.15) is 34.6 Å². The molecule has 1 aromatic heterocycles. The number of aromatic nitrogens is 2. The summed E-state index contributed by atoms with van der Waals surface area (Å²) in [5, 5.41) is 12.2. The Bertz CT molecular complexity index is 1300. The van der Waals surface area contributed by atoms with E-state index in [1.165, 1.54) is 0 Å². The number of benzene rings is 3. The number of ether oxygens (including phenoxy) is 1. The Morgan fingerprint density at radius 2 is 1.79 bits per heavy atom. The highest BCUT2D eigenvalue weighted by atomic mass is 35.5. The lowest BCUT2D eigenvalue weighted by Crippen LogP contribution is -2.26. The topological polar surface area (TPSA) is 93.4 Å². The SMILES string of the molecule is O=C(O)CCCOc1cccc(CNC(=O)c2nc3ccc(Cl)cc3n2Cc2ccccc2)c1. The fourth-order valence-electron chi connectivity index (χ4n) is 3.62. The van der Waals surface area contributed by atoms with Crippen molar-refractivity contribution in [2.24, 2.45) is 0 Å². The Hall–Kier alpha value is -3.84. The summed E-state index contributed by atoms with van der Waals surface area (Å²) in [5.74, 6) is -0.207. The number of amides is 1. The first-order valence-corrected chi connectivity index (χ1v) is 11.3. The fraction of sp³-hybridized carbons (Fsp3) is 0.192. The summed E-state index contributed by atoms with van der Waals surface area (Å²) in [6, 6.07) is 22.6. The van der Waals surface area contributed by atoms with Crippen LogP contribution in [0.15, 0.2) is 72.8 Å². The van der Waals surface area contributed by atoms with Crippen LogP contribution in [0.2, 0.25) is 5.02 Å². The van der Waals surface area contributed by atoms with Gasteiger partial charge < -0.3 is 19.7 Å². The van der Waals surface area contributed by atoms with Gasteiger partial charge in [-0.05, 0) is 47.9 Å². The number of hydrogen-bond donors (Lipinski definition) is 2. The molecule has 3 aromatic carbocycles. The molecule has 0 spiro atoms. The molecule has 34 heavy (non-hydrogen) atoms. The smallest absolute Gasteiger partial charge is 0.303 e. The minimum absolute atomic E-state index is 0.0605. The molecule has 0 unspecified atom stereocenters. The molecule has 7 nitrogen and oxygen atoms in total. The monoisotopic (exact) mass is 477 g/mol. The second-order valence-corrected chi connectivity index (χ2v) is 8.25. The first-order valence-electron chi connectivity index (χ1n) is 10.9. The van der Waals surface area contributed by atoms with E-state index in [-0.39, 0.29) is 12.3 Å². The molecular weight excluding hydrogens is 454 g/mol. The number of carbonyl (C=O) groups is 2. The van der Waals surface area contributed by atoms with Gasteiger partial charge in [0, 0.05) is 24.5 Å². The first kappa shape index (κ1) is 23.3. The Morgan fingerprint density at radius 1 is 1.00 bits per heavy atom. The van der Waals surface area contributed by atoms with Crippen molar-refractivity contribution >= 4 is 34.5 Å². The first-order chi connectivity index (χ1) is 16.5. The molecule has 4 rings (SSSR count). The third-order valence-electron chi connectivity index (χ3n) is 5.25. The van der Waals surface area contributed by atoms with Crippen LogP contribution < -0.4 is 10.1 Å². The molecule has 4 aromatic rings. The Kier molecular flexibility index (Phi) is 7.44. The highest BCUT2D eigenvalue weighted by Crippen LogP contribution is 2.22. The van der Waals surface area contributed by atoms with E-state index in [2.05, 4.69) is 10.3 Å². The van der Waals surface area contributed by atoms with Gasteiger partial charge in [-0.2, -0.15) is 0 Å². The maximum Gasteiger partial charge on any atom is 0.303 e. The van der Waals surface area contributed by atoms with Gasteiger partial charge in [0.15, 0.2) is 5.82 Å². The highest BCUT2D eigenvalue weighted by molar-refractivity contribution is 6.31. The predicted molar refractivity (Wildman–Crippen MR) is 130 cm³/mol. The van der Waals surface area contributed by atoms with Crippen molar-refractivity contribution in [3.05, 3.63) is 94.8 Å². The zero-order valence-electron chi connectivity index (χ0n) is 18.4. The molecular formula is C26H24ClN3O4. The molecule has 0 atom stereocenters. The number of nitrogens with zero attached hydrogens (tertiary/aromatic N) is 2. The average Bonchev–Trinajstić information content (AvgIpc) is 3.18. The van der Waals surface area contributed by atoms with Gasteiger partial charge in [-0.25, -0.2) is 4.98 Å². The maximum atomic E-state index is 13.1. The van der Waals surface area contributed by atoms with Crippen molar-refractivity contribution in [1.29, 1.82) is 0 Å². The second-order valence-electron chi connectivity index (χ2n) is 7.82. The van der Waals surface area contributed by atoms with Crippen molar-refractivity contribution < 1.29 is 19.4 Å². The maximum absolute atomic E-state index is 13.1. The molecule has 1 amide bonds. The Morgan fingerprint density at radius 3 is 2.59 bits per heavy atom. The van der Waals surface area contributed by atoms with Crippen LogP contribution >= 0.6 is 11.6 Å². The van der Waals surface area contributed by atoms with Crippen molar-refractivity contribution in [1.82, 2.24) is 14.9 Å². The van der Waals surface area contributed by atoms with Gasteiger partial charge in [-0.3, -0.25) is 9.59 Å². The molecule has 2 N–H and O–H groups in total. The average molecular weight is 478 g/mol. The number of carboxylic acid groups (broad SMARTS) is 1. The molecule has 1 heterocycles. The zero-order valence-corrected chi connectivity index (χ0v) is 19.2. The molecule has 0 radical (unpaired) electrons. The van der Waals surface area contributed by atoms with Crippen LogP contribution in [0, 0.1) is 0 Å². The summed E-state index contributed by atoms with van der Waals surface area (Å²) in [4.78, 5) is 28.3. The third kappa shape index (κ3) is 5.94. The molecule has 0 bridgehead atoms. The molecule has 0 aliphatic heterocycles. The summed E-state index contributed by atoms with van der Waals surface area (Å²) in [6.45, 7) is 1.09. The molecule has 0 fully saturated rings. The molecule has 0 saturated carbocycles. The number of fused-ring (bicyclic) bond motifs is 1.